The number of esters is 1. The van der Waals surface area contributed by atoms with Crippen molar-refractivity contribution in [3.8, 4) is 28.0 Å². The quantitative estimate of drug-likeness (QED) is 0.0244. The Hall–Kier alpha value is -3.75. The Morgan fingerprint density at radius 2 is 1.39 bits per heavy atom. The van der Waals surface area contributed by atoms with Crippen LogP contribution in [0.25, 0.3) is 22.3 Å². The highest BCUT2D eigenvalue weighted by atomic mass is 16.6. The average molecular weight is 811 g/mol. The van der Waals surface area contributed by atoms with Crippen LogP contribution in [0.1, 0.15) is 140 Å². The molecular formula is C52H74O7. The molecule has 7 heteroatoms. The molecule has 324 valence electrons. The second-order valence-corrected chi connectivity index (χ2v) is 17.2. The third-order valence-electron chi connectivity index (χ3n) is 12.4. The highest BCUT2D eigenvalue weighted by Crippen LogP contribution is 2.40. The van der Waals surface area contributed by atoms with Gasteiger partial charge in [-0.15, -0.1) is 0 Å². The number of unbranched alkanes of at least 4 members (excludes halogenated alkanes) is 1. The summed E-state index contributed by atoms with van der Waals surface area (Å²) in [7, 11) is 0. The predicted molar refractivity (Wildman–Crippen MR) is 242 cm³/mol. The summed E-state index contributed by atoms with van der Waals surface area (Å²) in [5, 5.41) is 30.9. The van der Waals surface area contributed by atoms with Gasteiger partial charge in [-0.1, -0.05) is 102 Å². The van der Waals surface area contributed by atoms with E-state index in [4.69, 9.17) is 14.2 Å². The van der Waals surface area contributed by atoms with Gasteiger partial charge in [0.25, 0.3) is 0 Å². The molecule has 0 aliphatic heterocycles. The van der Waals surface area contributed by atoms with Crippen LogP contribution < -0.4 is 4.74 Å². The standard InChI is InChI=1S/C52H74O7/c1-8-11-27-52(35-53,36-54)28-31-57-49-45(15-12-29-58-50(55)37(4)5)33-47(34-46(49)16-13-30-59-51(56)38(6)7)48-26-25-44(32-40(48)10-3)43-23-21-42(22-24-43)41-19-17-39(14-9-2)18-20-41/h21-26,32-34,39,41,50,53-55H,4,6,8-20,27-31,35-36H2,1-3,5,7H3. The summed E-state index contributed by atoms with van der Waals surface area (Å²) in [4.78, 5) is 12.2. The van der Waals surface area contributed by atoms with Crippen molar-refractivity contribution in [1.29, 1.82) is 0 Å². The summed E-state index contributed by atoms with van der Waals surface area (Å²) in [6.45, 7) is 18.2. The third-order valence-corrected chi connectivity index (χ3v) is 12.4. The largest absolute Gasteiger partial charge is 0.493 e. The first-order valence-electron chi connectivity index (χ1n) is 22.5. The molecule has 1 fully saturated rings. The van der Waals surface area contributed by atoms with Gasteiger partial charge < -0.3 is 29.5 Å². The molecule has 0 aromatic heterocycles. The van der Waals surface area contributed by atoms with Crippen molar-refractivity contribution >= 4 is 5.97 Å². The molecule has 1 aliphatic rings. The minimum atomic E-state index is -1.02. The zero-order valence-corrected chi connectivity index (χ0v) is 37.0. The van der Waals surface area contributed by atoms with Crippen molar-refractivity contribution in [2.45, 2.75) is 143 Å². The molecule has 1 unspecified atom stereocenters. The highest BCUT2D eigenvalue weighted by molar-refractivity contribution is 5.86. The van der Waals surface area contributed by atoms with Crippen LogP contribution in [-0.2, 0) is 33.5 Å². The van der Waals surface area contributed by atoms with Crippen LogP contribution in [0.3, 0.4) is 0 Å². The van der Waals surface area contributed by atoms with E-state index in [9.17, 15) is 20.1 Å². The fourth-order valence-electron chi connectivity index (χ4n) is 8.52. The number of ether oxygens (including phenoxy) is 3. The van der Waals surface area contributed by atoms with Gasteiger partial charge in [-0.3, -0.25) is 0 Å². The lowest BCUT2D eigenvalue weighted by molar-refractivity contribution is -0.139. The summed E-state index contributed by atoms with van der Waals surface area (Å²) in [6, 6.07) is 20.5. The Labute approximate surface area is 355 Å². The lowest BCUT2D eigenvalue weighted by Crippen LogP contribution is -2.32. The Morgan fingerprint density at radius 1 is 0.763 bits per heavy atom. The molecule has 0 saturated heterocycles. The zero-order valence-electron chi connectivity index (χ0n) is 37.0. The first-order chi connectivity index (χ1) is 28.5. The van der Waals surface area contributed by atoms with E-state index >= 15 is 0 Å². The van der Waals surface area contributed by atoms with Gasteiger partial charge in [-0.2, -0.15) is 0 Å². The Kier molecular flexibility index (Phi) is 19.9. The average Bonchev–Trinajstić information content (AvgIpc) is 3.25. The molecule has 1 aliphatic carbocycles. The first kappa shape index (κ1) is 47.9. The number of aliphatic hydroxyl groups excluding tert-OH is 3. The number of hydrogen-bond acceptors (Lipinski definition) is 7. The van der Waals surface area contributed by atoms with Crippen LogP contribution in [0.5, 0.6) is 5.75 Å². The monoisotopic (exact) mass is 811 g/mol. The van der Waals surface area contributed by atoms with E-state index in [0.717, 1.165) is 59.6 Å². The molecular weight excluding hydrogens is 737 g/mol. The second-order valence-electron chi connectivity index (χ2n) is 17.2. The first-order valence-corrected chi connectivity index (χ1v) is 22.5. The smallest absolute Gasteiger partial charge is 0.333 e. The van der Waals surface area contributed by atoms with Crippen LogP contribution in [0.15, 0.2) is 78.9 Å². The Morgan fingerprint density at radius 3 is 1.97 bits per heavy atom. The van der Waals surface area contributed by atoms with Crippen molar-refractivity contribution in [2.75, 3.05) is 33.0 Å². The maximum absolute atomic E-state index is 12.2. The molecule has 0 bridgehead atoms. The molecule has 1 atom stereocenters. The van der Waals surface area contributed by atoms with Gasteiger partial charge in [0.2, 0.25) is 0 Å². The molecule has 3 aromatic rings. The second kappa shape index (κ2) is 24.5. The van der Waals surface area contributed by atoms with E-state index in [1.54, 1.807) is 13.8 Å². The van der Waals surface area contributed by atoms with Gasteiger partial charge in [0.15, 0.2) is 6.29 Å². The van der Waals surface area contributed by atoms with Crippen molar-refractivity contribution in [1.82, 2.24) is 0 Å². The topological polar surface area (TPSA) is 105 Å². The van der Waals surface area contributed by atoms with E-state index in [1.165, 1.54) is 60.8 Å². The highest BCUT2D eigenvalue weighted by Gasteiger charge is 2.29. The number of aryl methyl sites for hydroxylation is 3. The Balaban J connectivity index is 1.68. The maximum Gasteiger partial charge on any atom is 0.333 e. The fourth-order valence-corrected chi connectivity index (χ4v) is 8.52. The fraction of sp³-hybridized carbons (Fsp3) is 0.558. The van der Waals surface area contributed by atoms with E-state index < -0.39 is 17.7 Å². The van der Waals surface area contributed by atoms with E-state index in [2.05, 4.69) is 88.5 Å². The molecule has 3 N–H and O–H groups in total. The van der Waals surface area contributed by atoms with Crippen molar-refractivity contribution < 1.29 is 34.3 Å². The van der Waals surface area contributed by atoms with Crippen molar-refractivity contribution in [3.63, 3.8) is 0 Å². The molecule has 0 spiro atoms. The molecule has 0 amide bonds. The zero-order chi connectivity index (χ0) is 42.8. The van der Waals surface area contributed by atoms with Gasteiger partial charge in [0.05, 0.1) is 33.0 Å². The number of hydrogen-bond donors (Lipinski definition) is 3. The van der Waals surface area contributed by atoms with Gasteiger partial charge in [0, 0.05) is 11.0 Å². The van der Waals surface area contributed by atoms with Crippen LogP contribution in [0, 0.1) is 11.3 Å². The van der Waals surface area contributed by atoms with E-state index in [1.807, 2.05) is 0 Å². The van der Waals surface area contributed by atoms with E-state index in [-0.39, 0.29) is 19.8 Å². The molecule has 3 aromatic carbocycles. The van der Waals surface area contributed by atoms with Crippen LogP contribution >= 0.6 is 0 Å². The number of carbonyl (C=O) groups excluding carboxylic acids is 1. The minimum Gasteiger partial charge on any atom is -0.493 e. The number of aliphatic hydroxyl groups is 3. The lowest BCUT2D eigenvalue weighted by atomic mass is 9.77. The summed E-state index contributed by atoms with van der Waals surface area (Å²) in [5.74, 6) is 1.93. The Bertz CT molecular complexity index is 1760. The lowest BCUT2D eigenvalue weighted by Gasteiger charge is -2.30. The summed E-state index contributed by atoms with van der Waals surface area (Å²) in [6.07, 6.45) is 13.4. The molecule has 7 nitrogen and oxygen atoms in total. The maximum atomic E-state index is 12.2. The van der Waals surface area contributed by atoms with Crippen LogP contribution in [-0.4, -0.2) is 60.6 Å². The number of carbonyl (C=O) groups is 1. The van der Waals surface area contributed by atoms with Crippen molar-refractivity contribution in [2.24, 2.45) is 11.3 Å². The molecule has 0 heterocycles. The molecule has 4 rings (SSSR count). The SMILES string of the molecule is C=C(C)C(=O)OCCCc1cc(-c2ccc(-c3ccc(C4CCC(CCC)CC4)cc3)cc2CC)cc(CCCOC(O)C(=C)C)c1OCCC(CO)(CO)CCCC. The minimum absolute atomic E-state index is 0.109. The summed E-state index contributed by atoms with van der Waals surface area (Å²) in [5.41, 5.74) is 9.72. The van der Waals surface area contributed by atoms with Crippen molar-refractivity contribution in [3.05, 3.63) is 101 Å². The normalized spacial score (nSPS) is 16.1. The van der Waals surface area contributed by atoms with Gasteiger partial charge >= 0.3 is 5.97 Å². The molecule has 59 heavy (non-hydrogen) atoms. The predicted octanol–water partition coefficient (Wildman–Crippen LogP) is 11.5. The summed E-state index contributed by atoms with van der Waals surface area (Å²) >= 11 is 0. The van der Waals surface area contributed by atoms with Gasteiger partial charge in [-0.05, 0) is 159 Å². The van der Waals surface area contributed by atoms with Gasteiger partial charge in [0.1, 0.15) is 5.75 Å². The van der Waals surface area contributed by atoms with E-state index in [0.29, 0.717) is 62.4 Å². The number of benzene rings is 3. The van der Waals surface area contributed by atoms with Gasteiger partial charge in [-0.25, -0.2) is 4.79 Å². The molecule has 1 saturated carbocycles. The van der Waals surface area contributed by atoms with Crippen LogP contribution in [0.4, 0.5) is 0 Å². The summed E-state index contributed by atoms with van der Waals surface area (Å²) < 4.78 is 17.8. The van der Waals surface area contributed by atoms with Crippen LogP contribution in [0.2, 0.25) is 0 Å². The molecule has 0 radical (unpaired) electrons. The number of rotatable bonds is 26. The third kappa shape index (κ3) is 14.2.